The van der Waals surface area contributed by atoms with Gasteiger partial charge in [-0.05, 0) is 43.3 Å². The van der Waals surface area contributed by atoms with E-state index in [0.717, 1.165) is 23.2 Å². The van der Waals surface area contributed by atoms with Gasteiger partial charge in [0, 0.05) is 30.0 Å². The Morgan fingerprint density at radius 1 is 1.24 bits per heavy atom. The van der Waals surface area contributed by atoms with Crippen LogP contribution >= 0.6 is 23.5 Å². The summed E-state index contributed by atoms with van der Waals surface area (Å²) in [5.74, 6) is 1.22. The standard InChI is InChI=1S/C22H20N4O5S2/c1-2-31-17-9-7-15(8-10-17)25-21(28)20-18(11-12-32-20)24-22(25)33-13-19(27)23-14-3-5-16(6-4-14)26(29)30/h3-10H,2,11-13H2,1H3,(H,23,27). The number of amides is 1. The molecule has 1 aromatic heterocycles. The minimum atomic E-state index is -0.501. The normalized spacial score (nSPS) is 12.3. The van der Waals surface area contributed by atoms with Crippen LogP contribution in [0.1, 0.15) is 12.6 Å². The summed E-state index contributed by atoms with van der Waals surface area (Å²) in [7, 11) is 0. The monoisotopic (exact) mass is 484 g/mol. The van der Waals surface area contributed by atoms with Crippen molar-refractivity contribution >= 4 is 40.8 Å². The van der Waals surface area contributed by atoms with Crippen LogP contribution < -0.4 is 15.6 Å². The van der Waals surface area contributed by atoms with E-state index in [0.29, 0.717) is 40.2 Å². The maximum Gasteiger partial charge on any atom is 0.272 e. The number of rotatable bonds is 8. The first-order valence-electron chi connectivity index (χ1n) is 10.2. The highest BCUT2D eigenvalue weighted by Gasteiger charge is 2.23. The van der Waals surface area contributed by atoms with Gasteiger partial charge in [-0.1, -0.05) is 11.8 Å². The molecule has 170 valence electrons. The van der Waals surface area contributed by atoms with E-state index >= 15 is 0 Å². The number of aromatic nitrogens is 2. The average molecular weight is 485 g/mol. The van der Waals surface area contributed by atoms with Crippen LogP contribution in [0.5, 0.6) is 5.75 Å². The van der Waals surface area contributed by atoms with Gasteiger partial charge in [-0.3, -0.25) is 24.3 Å². The molecule has 2 heterocycles. The Morgan fingerprint density at radius 3 is 2.64 bits per heavy atom. The number of carbonyl (C=O) groups excluding carboxylic acids is 1. The number of nitro groups is 1. The van der Waals surface area contributed by atoms with Crippen LogP contribution in [0.25, 0.3) is 5.69 Å². The van der Waals surface area contributed by atoms with Crippen molar-refractivity contribution in [2.45, 2.75) is 23.4 Å². The number of aryl methyl sites for hydroxylation is 1. The van der Waals surface area contributed by atoms with E-state index in [1.807, 2.05) is 6.92 Å². The molecule has 33 heavy (non-hydrogen) atoms. The molecule has 1 aliphatic rings. The summed E-state index contributed by atoms with van der Waals surface area (Å²) in [4.78, 5) is 41.3. The number of fused-ring (bicyclic) bond motifs is 1. The Balaban J connectivity index is 1.55. The van der Waals surface area contributed by atoms with Crippen LogP contribution in [0.3, 0.4) is 0 Å². The molecule has 0 atom stereocenters. The number of non-ortho nitro benzene ring substituents is 1. The number of nitrogens with zero attached hydrogens (tertiary/aromatic N) is 3. The third-order valence-electron chi connectivity index (χ3n) is 4.77. The van der Waals surface area contributed by atoms with Crippen molar-refractivity contribution in [1.29, 1.82) is 0 Å². The first kappa shape index (κ1) is 22.9. The van der Waals surface area contributed by atoms with Crippen molar-refractivity contribution in [2.75, 3.05) is 23.4 Å². The van der Waals surface area contributed by atoms with Crippen LogP contribution in [0.2, 0.25) is 0 Å². The molecule has 0 saturated carbocycles. The van der Waals surface area contributed by atoms with Gasteiger partial charge >= 0.3 is 0 Å². The van der Waals surface area contributed by atoms with Gasteiger partial charge in [-0.2, -0.15) is 0 Å². The molecule has 3 aromatic rings. The molecule has 4 rings (SSSR count). The largest absolute Gasteiger partial charge is 0.494 e. The number of carbonyl (C=O) groups is 1. The molecule has 0 bridgehead atoms. The lowest BCUT2D eigenvalue weighted by atomic mass is 10.3. The Kier molecular flexibility index (Phi) is 6.99. The predicted molar refractivity (Wildman–Crippen MR) is 128 cm³/mol. The Labute approximate surface area is 197 Å². The SMILES string of the molecule is CCOc1ccc(-n2c(SCC(=O)Nc3ccc([N+](=O)[O-])cc3)nc3c(c2=O)SCC3)cc1. The zero-order valence-electron chi connectivity index (χ0n) is 17.6. The fraction of sp³-hybridized carbons (Fsp3) is 0.227. The average Bonchev–Trinajstić information content (AvgIpc) is 3.28. The Bertz CT molecular complexity index is 1240. The number of thioether (sulfide) groups is 2. The Morgan fingerprint density at radius 2 is 1.97 bits per heavy atom. The topological polar surface area (TPSA) is 116 Å². The lowest BCUT2D eigenvalue weighted by molar-refractivity contribution is -0.384. The molecule has 2 aromatic carbocycles. The molecule has 1 N–H and O–H groups in total. The molecule has 11 heteroatoms. The van der Waals surface area contributed by atoms with Gasteiger partial charge in [0.15, 0.2) is 5.16 Å². The highest BCUT2D eigenvalue weighted by atomic mass is 32.2. The lowest BCUT2D eigenvalue weighted by Crippen LogP contribution is -2.24. The van der Waals surface area contributed by atoms with Crippen LogP contribution in [-0.4, -0.2) is 38.5 Å². The number of nitro benzene ring substituents is 1. The Hall–Kier alpha value is -3.31. The van der Waals surface area contributed by atoms with E-state index in [4.69, 9.17) is 4.74 Å². The minimum absolute atomic E-state index is 0.0202. The third kappa shape index (κ3) is 5.20. The molecule has 0 aliphatic carbocycles. The molecule has 1 amide bonds. The number of nitrogens with one attached hydrogen (secondary N) is 1. The first-order valence-corrected chi connectivity index (χ1v) is 12.1. The van der Waals surface area contributed by atoms with Crippen LogP contribution in [0, 0.1) is 10.1 Å². The van der Waals surface area contributed by atoms with Crippen molar-refractivity contribution in [3.8, 4) is 11.4 Å². The molecular weight excluding hydrogens is 464 g/mol. The smallest absolute Gasteiger partial charge is 0.272 e. The van der Waals surface area contributed by atoms with E-state index < -0.39 is 4.92 Å². The second-order valence-electron chi connectivity index (χ2n) is 6.98. The van der Waals surface area contributed by atoms with Gasteiger partial charge in [-0.25, -0.2) is 4.98 Å². The van der Waals surface area contributed by atoms with Crippen molar-refractivity contribution in [3.05, 3.63) is 74.7 Å². The predicted octanol–water partition coefficient (Wildman–Crippen LogP) is 3.92. The number of ether oxygens (including phenoxy) is 1. The summed E-state index contributed by atoms with van der Waals surface area (Å²) in [5.41, 5.74) is 1.65. The summed E-state index contributed by atoms with van der Waals surface area (Å²) in [6, 6.07) is 12.8. The molecule has 9 nitrogen and oxygen atoms in total. The molecule has 0 radical (unpaired) electrons. The van der Waals surface area contributed by atoms with Crippen molar-refractivity contribution in [2.24, 2.45) is 0 Å². The molecule has 0 unspecified atom stereocenters. The maximum atomic E-state index is 13.2. The zero-order valence-corrected chi connectivity index (χ0v) is 19.3. The molecule has 1 aliphatic heterocycles. The summed E-state index contributed by atoms with van der Waals surface area (Å²) in [5, 5.41) is 13.9. The number of benzene rings is 2. The molecular formula is C22H20N4O5S2. The van der Waals surface area contributed by atoms with Gasteiger partial charge in [0.2, 0.25) is 5.91 Å². The summed E-state index contributed by atoms with van der Waals surface area (Å²) in [6.07, 6.45) is 0.710. The van der Waals surface area contributed by atoms with E-state index in [9.17, 15) is 19.7 Å². The van der Waals surface area contributed by atoms with Gasteiger partial charge in [-0.15, -0.1) is 11.8 Å². The second kappa shape index (κ2) is 10.1. The maximum absolute atomic E-state index is 13.2. The molecule has 0 fully saturated rings. The van der Waals surface area contributed by atoms with Crippen LogP contribution in [0.15, 0.2) is 63.4 Å². The fourth-order valence-electron chi connectivity index (χ4n) is 3.27. The first-order chi connectivity index (χ1) is 16.0. The number of anilines is 1. The number of hydrogen-bond acceptors (Lipinski definition) is 8. The highest BCUT2D eigenvalue weighted by molar-refractivity contribution is 8.00. The van der Waals surface area contributed by atoms with Crippen molar-refractivity contribution < 1.29 is 14.5 Å². The zero-order chi connectivity index (χ0) is 23.4. The van der Waals surface area contributed by atoms with Crippen LogP contribution in [0.4, 0.5) is 11.4 Å². The van der Waals surface area contributed by atoms with Crippen molar-refractivity contribution in [3.63, 3.8) is 0 Å². The second-order valence-corrected chi connectivity index (χ2v) is 9.02. The molecule has 0 spiro atoms. The fourth-order valence-corrected chi connectivity index (χ4v) is 5.12. The van der Waals surface area contributed by atoms with E-state index in [-0.39, 0.29) is 22.9 Å². The summed E-state index contributed by atoms with van der Waals surface area (Å²) < 4.78 is 7.01. The van der Waals surface area contributed by atoms with E-state index in [1.54, 1.807) is 24.3 Å². The van der Waals surface area contributed by atoms with Gasteiger partial charge in [0.1, 0.15) is 5.75 Å². The van der Waals surface area contributed by atoms with Gasteiger partial charge in [0.25, 0.3) is 11.2 Å². The quantitative estimate of drug-likeness (QED) is 0.221. The molecule has 0 saturated heterocycles. The van der Waals surface area contributed by atoms with E-state index in [1.165, 1.54) is 40.6 Å². The lowest BCUT2D eigenvalue weighted by Gasteiger charge is -2.14. The summed E-state index contributed by atoms with van der Waals surface area (Å²) >= 11 is 2.66. The van der Waals surface area contributed by atoms with Crippen molar-refractivity contribution in [1.82, 2.24) is 9.55 Å². The minimum Gasteiger partial charge on any atom is -0.494 e. The van der Waals surface area contributed by atoms with Gasteiger partial charge < -0.3 is 10.1 Å². The third-order valence-corrected chi connectivity index (χ3v) is 6.81. The van der Waals surface area contributed by atoms with Gasteiger partial charge in [0.05, 0.1) is 33.6 Å². The van der Waals surface area contributed by atoms with E-state index in [2.05, 4.69) is 10.3 Å². The van der Waals surface area contributed by atoms with Crippen LogP contribution in [-0.2, 0) is 11.2 Å². The highest BCUT2D eigenvalue weighted by Crippen LogP contribution is 2.30. The number of hydrogen-bond donors (Lipinski definition) is 1. The summed E-state index contributed by atoms with van der Waals surface area (Å²) in [6.45, 7) is 2.44.